The molecule has 1 saturated heterocycles. The number of aryl methyl sites for hydroxylation is 2. The van der Waals surface area contributed by atoms with E-state index in [4.69, 9.17) is 9.47 Å². The molecule has 0 radical (unpaired) electrons. The molecule has 1 aromatic heterocycles. The van der Waals surface area contributed by atoms with Gasteiger partial charge in [-0.05, 0) is 56.7 Å². The Bertz CT molecular complexity index is 759. The minimum absolute atomic E-state index is 0.132. The van der Waals surface area contributed by atoms with Crippen LogP contribution < -0.4 is 9.47 Å². The van der Waals surface area contributed by atoms with Gasteiger partial charge in [-0.25, -0.2) is 4.98 Å². The van der Waals surface area contributed by atoms with Gasteiger partial charge in [0.1, 0.15) is 4.88 Å². The fourth-order valence-corrected chi connectivity index (χ4v) is 4.27. The van der Waals surface area contributed by atoms with Crippen molar-refractivity contribution >= 4 is 17.2 Å². The highest BCUT2D eigenvalue weighted by molar-refractivity contribution is 7.13. The molecule has 0 spiro atoms. The second-order valence-electron chi connectivity index (χ2n) is 6.62. The van der Waals surface area contributed by atoms with E-state index in [1.807, 2.05) is 19.1 Å². The van der Waals surface area contributed by atoms with E-state index in [0.29, 0.717) is 0 Å². The van der Waals surface area contributed by atoms with E-state index in [2.05, 4.69) is 16.0 Å². The maximum atomic E-state index is 12.9. The molecular weight excluding hydrogens is 348 g/mol. The molecule has 1 amide bonds. The number of ether oxygens (including phenoxy) is 2. The summed E-state index contributed by atoms with van der Waals surface area (Å²) in [5.41, 5.74) is 1.20. The monoisotopic (exact) mass is 374 g/mol. The minimum Gasteiger partial charge on any atom is -0.493 e. The summed E-state index contributed by atoms with van der Waals surface area (Å²) in [5.74, 6) is 1.63. The molecule has 26 heavy (non-hydrogen) atoms. The van der Waals surface area contributed by atoms with Gasteiger partial charge in [0.25, 0.3) is 5.91 Å². The first-order valence-corrected chi connectivity index (χ1v) is 9.88. The average molecular weight is 375 g/mol. The largest absolute Gasteiger partial charge is 0.493 e. The summed E-state index contributed by atoms with van der Waals surface area (Å²) >= 11 is 1.48. The molecule has 2 aromatic rings. The van der Waals surface area contributed by atoms with E-state index in [1.165, 1.54) is 23.3 Å². The zero-order valence-electron chi connectivity index (χ0n) is 15.7. The van der Waals surface area contributed by atoms with E-state index in [1.54, 1.807) is 20.4 Å². The van der Waals surface area contributed by atoms with E-state index in [-0.39, 0.29) is 11.9 Å². The quantitative estimate of drug-likeness (QED) is 0.764. The van der Waals surface area contributed by atoms with Crippen molar-refractivity contribution in [3.63, 3.8) is 0 Å². The van der Waals surface area contributed by atoms with Gasteiger partial charge < -0.3 is 14.4 Å². The van der Waals surface area contributed by atoms with Gasteiger partial charge in [0.15, 0.2) is 11.5 Å². The van der Waals surface area contributed by atoms with E-state index >= 15 is 0 Å². The highest BCUT2D eigenvalue weighted by atomic mass is 32.1. The maximum Gasteiger partial charge on any atom is 0.265 e. The van der Waals surface area contributed by atoms with Crippen molar-refractivity contribution in [1.29, 1.82) is 0 Å². The number of hydrogen-bond donors (Lipinski definition) is 0. The number of carbonyl (C=O) groups is 1. The van der Waals surface area contributed by atoms with Gasteiger partial charge in [0.05, 0.1) is 25.4 Å². The Labute approximate surface area is 159 Å². The number of nitrogens with zero attached hydrogens (tertiary/aromatic N) is 2. The van der Waals surface area contributed by atoms with Crippen LogP contribution >= 0.6 is 11.3 Å². The predicted molar refractivity (Wildman–Crippen MR) is 103 cm³/mol. The molecule has 1 fully saturated rings. The van der Waals surface area contributed by atoms with Gasteiger partial charge in [-0.15, -0.1) is 11.3 Å². The number of thiazole rings is 1. The second-order valence-corrected chi connectivity index (χ2v) is 7.85. The SMILES string of the molecule is COc1ccc(CC[C@@H]2CCCCN2C(=O)c2cnc(C)s2)cc1OC. The van der Waals surface area contributed by atoms with Gasteiger partial charge >= 0.3 is 0 Å². The number of carbonyl (C=O) groups excluding carboxylic acids is 1. The van der Waals surface area contributed by atoms with Gasteiger partial charge in [-0.3, -0.25) is 4.79 Å². The van der Waals surface area contributed by atoms with Crippen LogP contribution in [0, 0.1) is 6.92 Å². The van der Waals surface area contributed by atoms with Crippen LogP contribution in [0.1, 0.15) is 45.9 Å². The number of likely N-dealkylation sites (tertiary alicyclic amines) is 1. The smallest absolute Gasteiger partial charge is 0.265 e. The Morgan fingerprint density at radius 3 is 2.77 bits per heavy atom. The topological polar surface area (TPSA) is 51.7 Å². The molecule has 0 unspecified atom stereocenters. The summed E-state index contributed by atoms with van der Waals surface area (Å²) in [5, 5.41) is 0.937. The van der Waals surface area contributed by atoms with Crippen LogP contribution in [0.4, 0.5) is 0 Å². The zero-order valence-corrected chi connectivity index (χ0v) is 16.5. The molecule has 0 aliphatic carbocycles. The number of aromatic nitrogens is 1. The third-order valence-corrected chi connectivity index (χ3v) is 5.84. The van der Waals surface area contributed by atoms with Crippen LogP contribution in [0.3, 0.4) is 0 Å². The van der Waals surface area contributed by atoms with E-state index < -0.39 is 0 Å². The van der Waals surface area contributed by atoms with Crippen LogP contribution in [0.2, 0.25) is 0 Å². The standard InChI is InChI=1S/C20H26N2O3S/c1-14-21-13-19(26-14)20(23)22-11-5-4-6-16(22)9-7-15-8-10-17(24-2)18(12-15)25-3/h8,10,12-13,16H,4-7,9,11H2,1-3H3/t16-/m0/s1. The lowest BCUT2D eigenvalue weighted by atomic mass is 9.95. The number of benzene rings is 1. The molecule has 3 rings (SSSR count). The molecule has 0 bridgehead atoms. The van der Waals surface area contributed by atoms with Crippen molar-refractivity contribution in [2.45, 2.75) is 45.1 Å². The zero-order chi connectivity index (χ0) is 18.5. The molecule has 6 heteroatoms. The molecular formula is C20H26N2O3S. The summed E-state index contributed by atoms with van der Waals surface area (Å²) in [6.45, 7) is 2.78. The normalized spacial score (nSPS) is 17.2. The first-order valence-electron chi connectivity index (χ1n) is 9.06. The first kappa shape index (κ1) is 18.7. The highest BCUT2D eigenvalue weighted by Crippen LogP contribution is 2.29. The van der Waals surface area contributed by atoms with Crippen molar-refractivity contribution in [2.75, 3.05) is 20.8 Å². The number of piperidine rings is 1. The third-order valence-electron chi connectivity index (χ3n) is 4.93. The lowest BCUT2D eigenvalue weighted by molar-refractivity contribution is 0.0606. The molecule has 1 aliphatic rings. The summed E-state index contributed by atoms with van der Waals surface area (Å²) in [4.78, 5) is 19.9. The average Bonchev–Trinajstić information content (AvgIpc) is 3.12. The Kier molecular flexibility index (Phi) is 6.14. The summed E-state index contributed by atoms with van der Waals surface area (Å²) in [6.07, 6.45) is 6.91. The summed E-state index contributed by atoms with van der Waals surface area (Å²) in [6, 6.07) is 6.33. The predicted octanol–water partition coefficient (Wildman–Crippen LogP) is 4.10. The van der Waals surface area contributed by atoms with Crippen molar-refractivity contribution in [3.8, 4) is 11.5 Å². The van der Waals surface area contributed by atoms with Gasteiger partial charge in [-0.2, -0.15) is 0 Å². The van der Waals surface area contributed by atoms with Crippen LogP contribution in [0.15, 0.2) is 24.4 Å². The first-order chi connectivity index (χ1) is 12.6. The van der Waals surface area contributed by atoms with E-state index in [0.717, 1.165) is 53.6 Å². The Morgan fingerprint density at radius 2 is 2.08 bits per heavy atom. The van der Waals surface area contributed by atoms with Crippen molar-refractivity contribution in [1.82, 2.24) is 9.88 Å². The van der Waals surface area contributed by atoms with Crippen molar-refractivity contribution < 1.29 is 14.3 Å². The van der Waals surface area contributed by atoms with Gasteiger partial charge in [-0.1, -0.05) is 6.07 Å². The third kappa shape index (κ3) is 4.18. The molecule has 2 heterocycles. The Morgan fingerprint density at radius 1 is 1.27 bits per heavy atom. The molecule has 0 N–H and O–H groups in total. The van der Waals surface area contributed by atoms with Crippen molar-refractivity contribution in [3.05, 3.63) is 39.8 Å². The highest BCUT2D eigenvalue weighted by Gasteiger charge is 2.28. The molecule has 1 aliphatic heterocycles. The summed E-state index contributed by atoms with van der Waals surface area (Å²) in [7, 11) is 3.30. The number of rotatable bonds is 6. The Balaban J connectivity index is 1.68. The van der Waals surface area contributed by atoms with Crippen LogP contribution in [0.25, 0.3) is 0 Å². The maximum absolute atomic E-state index is 12.9. The Hall–Kier alpha value is -2.08. The number of hydrogen-bond acceptors (Lipinski definition) is 5. The lowest BCUT2D eigenvalue weighted by Gasteiger charge is -2.35. The van der Waals surface area contributed by atoms with Crippen LogP contribution in [-0.4, -0.2) is 42.6 Å². The lowest BCUT2D eigenvalue weighted by Crippen LogP contribution is -2.43. The summed E-state index contributed by atoms with van der Waals surface area (Å²) < 4.78 is 10.7. The van der Waals surface area contributed by atoms with E-state index in [9.17, 15) is 4.79 Å². The van der Waals surface area contributed by atoms with Crippen LogP contribution in [-0.2, 0) is 6.42 Å². The number of methoxy groups -OCH3 is 2. The second kappa shape index (κ2) is 8.54. The van der Waals surface area contributed by atoms with Gasteiger partial charge in [0, 0.05) is 12.6 Å². The van der Waals surface area contributed by atoms with Crippen LogP contribution in [0.5, 0.6) is 11.5 Å². The fraction of sp³-hybridized carbons (Fsp3) is 0.500. The molecule has 1 aromatic carbocycles. The number of amides is 1. The fourth-order valence-electron chi connectivity index (χ4n) is 3.54. The van der Waals surface area contributed by atoms with Crippen molar-refractivity contribution in [2.24, 2.45) is 0 Å². The minimum atomic E-state index is 0.132. The molecule has 1 atom stereocenters. The molecule has 5 nitrogen and oxygen atoms in total. The molecule has 140 valence electrons. The van der Waals surface area contributed by atoms with Gasteiger partial charge in [0.2, 0.25) is 0 Å². The molecule has 0 saturated carbocycles.